The third-order valence-electron chi connectivity index (χ3n) is 4.61. The van der Waals surface area contributed by atoms with Crippen LogP contribution in [0.25, 0.3) is 11.3 Å². The lowest BCUT2D eigenvalue weighted by molar-refractivity contribution is -0.130. The molecule has 1 atom stereocenters. The first-order valence-corrected chi connectivity index (χ1v) is 9.28. The average molecular weight is 425 g/mol. The van der Waals surface area contributed by atoms with Crippen LogP contribution in [0.2, 0.25) is 0 Å². The van der Waals surface area contributed by atoms with Crippen molar-refractivity contribution in [3.63, 3.8) is 0 Å². The standard InChI is InChI=1S/C20H17BrN4O2/c1-12(26)25-18(10-17(24-25)13-6-8-14(21)9-7-13)16-11-22-23-20(16)15-4-2-3-5-19(15)27/h2-9,11,18,27H,10H2,1H3,(H,22,23). The number of para-hydroxylation sites is 1. The molecular formula is C20H17BrN4O2. The maximum atomic E-state index is 12.2. The molecule has 7 heteroatoms. The van der Waals surface area contributed by atoms with Crippen molar-refractivity contribution in [2.24, 2.45) is 5.10 Å². The van der Waals surface area contributed by atoms with Gasteiger partial charge in [-0.3, -0.25) is 9.89 Å². The molecule has 0 fully saturated rings. The fourth-order valence-corrected chi connectivity index (χ4v) is 3.57. The Morgan fingerprint density at radius 3 is 2.67 bits per heavy atom. The molecule has 2 heterocycles. The molecule has 136 valence electrons. The minimum absolute atomic E-state index is 0.142. The van der Waals surface area contributed by atoms with E-state index in [1.54, 1.807) is 18.3 Å². The predicted octanol–water partition coefficient (Wildman–Crippen LogP) is 4.24. The topological polar surface area (TPSA) is 81.6 Å². The van der Waals surface area contributed by atoms with Crippen LogP contribution in [-0.2, 0) is 4.79 Å². The molecule has 2 aromatic carbocycles. The van der Waals surface area contributed by atoms with Gasteiger partial charge in [0.15, 0.2) is 0 Å². The Bertz CT molecular complexity index is 1030. The Kier molecular flexibility index (Phi) is 4.53. The number of hydrogen-bond acceptors (Lipinski definition) is 4. The van der Waals surface area contributed by atoms with Crippen molar-refractivity contribution in [1.29, 1.82) is 0 Å². The lowest BCUT2D eigenvalue weighted by Crippen LogP contribution is -2.24. The van der Waals surface area contributed by atoms with E-state index in [4.69, 9.17) is 0 Å². The van der Waals surface area contributed by atoms with Gasteiger partial charge in [-0.1, -0.05) is 40.2 Å². The van der Waals surface area contributed by atoms with Crippen LogP contribution in [0.15, 0.2) is 64.3 Å². The molecule has 0 aliphatic carbocycles. The summed E-state index contributed by atoms with van der Waals surface area (Å²) >= 11 is 3.43. The van der Waals surface area contributed by atoms with E-state index >= 15 is 0 Å². The highest BCUT2D eigenvalue weighted by Gasteiger charge is 2.34. The van der Waals surface area contributed by atoms with Crippen molar-refractivity contribution >= 4 is 27.5 Å². The Hall–Kier alpha value is -2.93. The fraction of sp³-hybridized carbons (Fsp3) is 0.150. The second-order valence-electron chi connectivity index (χ2n) is 6.35. The third kappa shape index (κ3) is 3.26. The van der Waals surface area contributed by atoms with Crippen molar-refractivity contribution in [2.75, 3.05) is 0 Å². The van der Waals surface area contributed by atoms with Crippen LogP contribution in [0.5, 0.6) is 5.75 Å². The number of amides is 1. The second kappa shape index (κ2) is 7.00. The summed E-state index contributed by atoms with van der Waals surface area (Å²) < 4.78 is 0.987. The summed E-state index contributed by atoms with van der Waals surface area (Å²) in [6.07, 6.45) is 2.27. The van der Waals surface area contributed by atoms with E-state index in [-0.39, 0.29) is 17.7 Å². The van der Waals surface area contributed by atoms with Crippen LogP contribution in [0.4, 0.5) is 0 Å². The molecule has 2 N–H and O–H groups in total. The molecule has 27 heavy (non-hydrogen) atoms. The molecular weight excluding hydrogens is 408 g/mol. The highest BCUT2D eigenvalue weighted by Crippen LogP contribution is 2.39. The average Bonchev–Trinajstić information content (AvgIpc) is 3.29. The Labute approximate surface area is 164 Å². The van der Waals surface area contributed by atoms with Crippen molar-refractivity contribution in [3.8, 4) is 17.0 Å². The summed E-state index contributed by atoms with van der Waals surface area (Å²) in [7, 11) is 0. The van der Waals surface area contributed by atoms with Gasteiger partial charge in [-0.05, 0) is 29.8 Å². The Morgan fingerprint density at radius 1 is 1.22 bits per heavy atom. The Morgan fingerprint density at radius 2 is 1.96 bits per heavy atom. The van der Waals surface area contributed by atoms with Crippen molar-refractivity contribution in [2.45, 2.75) is 19.4 Å². The highest BCUT2D eigenvalue weighted by atomic mass is 79.9. The van der Waals surface area contributed by atoms with E-state index in [0.29, 0.717) is 17.7 Å². The maximum Gasteiger partial charge on any atom is 0.240 e. The largest absolute Gasteiger partial charge is 0.507 e. The first-order valence-electron chi connectivity index (χ1n) is 8.49. The first kappa shape index (κ1) is 17.5. The minimum atomic E-state index is -0.283. The number of aromatic amines is 1. The minimum Gasteiger partial charge on any atom is -0.507 e. The lowest BCUT2D eigenvalue weighted by atomic mass is 9.96. The molecule has 4 rings (SSSR count). The number of phenols is 1. The van der Waals surface area contributed by atoms with E-state index in [2.05, 4.69) is 31.2 Å². The van der Waals surface area contributed by atoms with Crippen LogP contribution in [-0.4, -0.2) is 31.9 Å². The number of nitrogens with zero attached hydrogens (tertiary/aromatic N) is 3. The number of nitrogens with one attached hydrogen (secondary N) is 1. The normalized spacial score (nSPS) is 16.4. The zero-order valence-corrected chi connectivity index (χ0v) is 16.1. The second-order valence-corrected chi connectivity index (χ2v) is 7.27. The van der Waals surface area contributed by atoms with Crippen LogP contribution in [0.1, 0.15) is 30.5 Å². The molecule has 0 bridgehead atoms. The molecule has 1 aliphatic rings. The molecule has 1 aromatic heterocycles. The van der Waals surface area contributed by atoms with E-state index in [9.17, 15) is 9.90 Å². The quantitative estimate of drug-likeness (QED) is 0.659. The number of phenolic OH excluding ortho intramolecular Hbond substituents is 1. The van der Waals surface area contributed by atoms with Gasteiger partial charge in [0, 0.05) is 28.9 Å². The number of carbonyl (C=O) groups excluding carboxylic acids is 1. The zero-order chi connectivity index (χ0) is 19.0. The molecule has 3 aromatic rings. The monoisotopic (exact) mass is 424 g/mol. The molecule has 1 amide bonds. The van der Waals surface area contributed by atoms with E-state index in [1.165, 1.54) is 11.9 Å². The predicted molar refractivity (Wildman–Crippen MR) is 106 cm³/mol. The summed E-state index contributed by atoms with van der Waals surface area (Å²) in [6.45, 7) is 1.50. The van der Waals surface area contributed by atoms with Gasteiger partial charge in [-0.15, -0.1) is 0 Å². The van der Waals surface area contributed by atoms with E-state index in [1.807, 2.05) is 36.4 Å². The Balaban J connectivity index is 1.73. The highest BCUT2D eigenvalue weighted by molar-refractivity contribution is 9.10. The molecule has 0 radical (unpaired) electrons. The van der Waals surface area contributed by atoms with Gasteiger partial charge in [0.25, 0.3) is 0 Å². The number of aromatic nitrogens is 2. The molecule has 1 unspecified atom stereocenters. The number of rotatable bonds is 3. The van der Waals surface area contributed by atoms with Gasteiger partial charge in [0.05, 0.1) is 23.6 Å². The van der Waals surface area contributed by atoms with E-state index < -0.39 is 0 Å². The number of benzene rings is 2. The van der Waals surface area contributed by atoms with Crippen LogP contribution in [0, 0.1) is 0 Å². The summed E-state index contributed by atoms with van der Waals surface area (Å²) in [5, 5.41) is 23.4. The number of hydrogen-bond donors (Lipinski definition) is 2. The van der Waals surface area contributed by atoms with Crippen LogP contribution < -0.4 is 0 Å². The number of carbonyl (C=O) groups is 1. The van der Waals surface area contributed by atoms with Gasteiger partial charge in [0.1, 0.15) is 5.75 Å². The maximum absolute atomic E-state index is 12.2. The van der Waals surface area contributed by atoms with Crippen molar-refractivity contribution in [1.82, 2.24) is 15.2 Å². The summed E-state index contributed by atoms with van der Waals surface area (Å²) in [5.41, 5.74) is 3.97. The van der Waals surface area contributed by atoms with Crippen molar-refractivity contribution in [3.05, 3.63) is 70.3 Å². The van der Waals surface area contributed by atoms with E-state index in [0.717, 1.165) is 21.3 Å². The number of halogens is 1. The van der Waals surface area contributed by atoms with Gasteiger partial charge in [0.2, 0.25) is 5.91 Å². The van der Waals surface area contributed by atoms with Crippen LogP contribution in [0.3, 0.4) is 0 Å². The SMILES string of the molecule is CC(=O)N1N=C(c2ccc(Br)cc2)CC1c1cn[nH]c1-c1ccccc1O. The summed E-state index contributed by atoms with van der Waals surface area (Å²) in [5.74, 6) is 0.0148. The number of hydrazone groups is 1. The smallest absolute Gasteiger partial charge is 0.240 e. The van der Waals surface area contributed by atoms with Gasteiger partial charge < -0.3 is 5.11 Å². The molecule has 6 nitrogen and oxygen atoms in total. The number of aromatic hydroxyl groups is 1. The molecule has 0 saturated carbocycles. The molecule has 1 aliphatic heterocycles. The fourth-order valence-electron chi connectivity index (χ4n) is 3.31. The zero-order valence-electron chi connectivity index (χ0n) is 14.6. The lowest BCUT2D eigenvalue weighted by Gasteiger charge is -2.20. The summed E-state index contributed by atoms with van der Waals surface area (Å²) in [4.78, 5) is 12.2. The third-order valence-corrected chi connectivity index (χ3v) is 5.14. The molecule has 0 spiro atoms. The van der Waals surface area contributed by atoms with Crippen LogP contribution >= 0.6 is 15.9 Å². The number of H-pyrrole nitrogens is 1. The van der Waals surface area contributed by atoms with Crippen molar-refractivity contribution < 1.29 is 9.90 Å². The van der Waals surface area contributed by atoms with Gasteiger partial charge >= 0.3 is 0 Å². The van der Waals surface area contributed by atoms with Gasteiger partial charge in [-0.2, -0.15) is 10.2 Å². The molecule has 0 saturated heterocycles. The first-order chi connectivity index (χ1) is 13.0. The van der Waals surface area contributed by atoms with Gasteiger partial charge in [-0.25, -0.2) is 5.01 Å². The summed E-state index contributed by atoms with van der Waals surface area (Å²) in [6, 6.07) is 14.6.